The van der Waals surface area contributed by atoms with Crippen LogP contribution in [0.4, 0.5) is 0 Å². The molecular weight excluding hydrogens is 467 g/mol. The van der Waals surface area contributed by atoms with Gasteiger partial charge in [0.15, 0.2) is 5.96 Å². The van der Waals surface area contributed by atoms with Crippen molar-refractivity contribution in [3.8, 4) is 0 Å². The van der Waals surface area contributed by atoms with E-state index in [4.69, 9.17) is 0 Å². The normalized spacial score (nSPS) is 10.8. The fourth-order valence-corrected chi connectivity index (χ4v) is 2.50. The van der Waals surface area contributed by atoms with Gasteiger partial charge in [0.2, 0.25) is 0 Å². The van der Waals surface area contributed by atoms with Gasteiger partial charge in [0.05, 0.1) is 18.8 Å². The number of pyridine rings is 1. The molecule has 0 aliphatic heterocycles. The number of hydrogen-bond donors (Lipinski definition) is 2. The van der Waals surface area contributed by atoms with Crippen molar-refractivity contribution >= 4 is 45.9 Å². The SMILES string of the molecule is CCNC(=NCc1ccc(Br)cc1C)NCc1ccccn1.I. The number of aryl methyl sites for hydroxylation is 1. The monoisotopic (exact) mass is 488 g/mol. The van der Waals surface area contributed by atoms with Crippen LogP contribution in [0.2, 0.25) is 0 Å². The molecule has 2 rings (SSSR count). The lowest BCUT2D eigenvalue weighted by molar-refractivity contribution is 0.799. The standard InChI is InChI=1S/C17H21BrN4.HI/c1-3-19-17(22-12-16-6-4-5-9-20-16)21-11-14-7-8-15(18)10-13(14)2;/h4-10H,3,11-12H2,1-2H3,(H2,19,21,22);1H. The van der Waals surface area contributed by atoms with Crippen LogP contribution in [-0.2, 0) is 13.1 Å². The summed E-state index contributed by atoms with van der Waals surface area (Å²) in [5, 5.41) is 6.56. The molecule has 0 bridgehead atoms. The van der Waals surface area contributed by atoms with Crippen LogP contribution in [-0.4, -0.2) is 17.5 Å². The van der Waals surface area contributed by atoms with Gasteiger partial charge >= 0.3 is 0 Å². The zero-order valence-corrected chi connectivity index (χ0v) is 17.3. The van der Waals surface area contributed by atoms with Gasteiger partial charge in [-0.05, 0) is 49.2 Å². The maximum Gasteiger partial charge on any atom is 0.191 e. The van der Waals surface area contributed by atoms with Crippen LogP contribution in [0.25, 0.3) is 0 Å². The second kappa shape index (κ2) is 10.6. The van der Waals surface area contributed by atoms with E-state index >= 15 is 0 Å². The topological polar surface area (TPSA) is 49.3 Å². The molecule has 0 fully saturated rings. The first kappa shape index (κ1) is 19.9. The summed E-state index contributed by atoms with van der Waals surface area (Å²) in [5.41, 5.74) is 3.45. The van der Waals surface area contributed by atoms with Crippen LogP contribution in [0.1, 0.15) is 23.7 Å². The molecule has 6 heteroatoms. The van der Waals surface area contributed by atoms with E-state index in [1.165, 1.54) is 11.1 Å². The molecular formula is C17H22BrIN4. The van der Waals surface area contributed by atoms with Crippen LogP contribution in [0.5, 0.6) is 0 Å². The summed E-state index contributed by atoms with van der Waals surface area (Å²) in [5.74, 6) is 0.801. The highest BCUT2D eigenvalue weighted by Gasteiger charge is 2.01. The Morgan fingerprint density at radius 1 is 1.22 bits per heavy atom. The van der Waals surface area contributed by atoms with Gasteiger partial charge in [-0.25, -0.2) is 4.99 Å². The molecule has 0 saturated carbocycles. The highest BCUT2D eigenvalue weighted by Crippen LogP contribution is 2.16. The molecule has 0 unspecified atom stereocenters. The Hall–Kier alpha value is -1.15. The van der Waals surface area contributed by atoms with Gasteiger partial charge in [0.1, 0.15) is 0 Å². The van der Waals surface area contributed by atoms with Crippen molar-refractivity contribution in [2.24, 2.45) is 4.99 Å². The zero-order valence-electron chi connectivity index (χ0n) is 13.3. The summed E-state index contributed by atoms with van der Waals surface area (Å²) in [6.07, 6.45) is 1.80. The fraction of sp³-hybridized carbons (Fsp3) is 0.294. The van der Waals surface area contributed by atoms with Gasteiger partial charge in [-0.15, -0.1) is 24.0 Å². The smallest absolute Gasteiger partial charge is 0.191 e. The molecule has 1 aromatic heterocycles. The fourth-order valence-electron chi connectivity index (χ4n) is 2.02. The second-order valence-corrected chi connectivity index (χ2v) is 5.86. The number of halogens is 2. The Balaban J connectivity index is 0.00000264. The minimum Gasteiger partial charge on any atom is -0.357 e. The van der Waals surface area contributed by atoms with Crippen LogP contribution >= 0.6 is 39.9 Å². The average molecular weight is 489 g/mol. The molecule has 0 atom stereocenters. The molecule has 0 aliphatic carbocycles. The van der Waals surface area contributed by atoms with Crippen LogP contribution in [0.15, 0.2) is 52.1 Å². The zero-order chi connectivity index (χ0) is 15.8. The van der Waals surface area contributed by atoms with E-state index in [-0.39, 0.29) is 24.0 Å². The molecule has 0 saturated heterocycles. The number of guanidine groups is 1. The first-order valence-electron chi connectivity index (χ1n) is 7.36. The molecule has 1 heterocycles. The number of hydrogen-bond acceptors (Lipinski definition) is 2. The van der Waals surface area contributed by atoms with Crippen LogP contribution in [0.3, 0.4) is 0 Å². The van der Waals surface area contributed by atoms with Gasteiger partial charge in [-0.2, -0.15) is 0 Å². The van der Waals surface area contributed by atoms with Gasteiger partial charge in [0, 0.05) is 17.2 Å². The predicted molar refractivity (Wildman–Crippen MR) is 110 cm³/mol. The number of nitrogens with zero attached hydrogens (tertiary/aromatic N) is 2. The molecule has 0 aliphatic rings. The molecule has 2 N–H and O–H groups in total. The first-order chi connectivity index (χ1) is 10.7. The van der Waals surface area contributed by atoms with Crippen molar-refractivity contribution in [2.45, 2.75) is 26.9 Å². The molecule has 0 radical (unpaired) electrons. The first-order valence-corrected chi connectivity index (χ1v) is 8.15. The maximum atomic E-state index is 4.64. The number of aromatic nitrogens is 1. The van der Waals surface area contributed by atoms with Crippen molar-refractivity contribution in [3.63, 3.8) is 0 Å². The van der Waals surface area contributed by atoms with Gasteiger partial charge in [0.25, 0.3) is 0 Å². The summed E-state index contributed by atoms with van der Waals surface area (Å²) >= 11 is 3.48. The van der Waals surface area contributed by atoms with E-state index in [9.17, 15) is 0 Å². The highest BCUT2D eigenvalue weighted by atomic mass is 127. The molecule has 1 aromatic carbocycles. The van der Waals surface area contributed by atoms with E-state index in [2.05, 4.69) is 62.5 Å². The Morgan fingerprint density at radius 2 is 2.04 bits per heavy atom. The van der Waals surface area contributed by atoms with Crippen LogP contribution in [0, 0.1) is 6.92 Å². The molecule has 124 valence electrons. The third-order valence-corrected chi connectivity index (χ3v) is 3.71. The van der Waals surface area contributed by atoms with Crippen molar-refractivity contribution < 1.29 is 0 Å². The lowest BCUT2D eigenvalue weighted by Gasteiger charge is -2.11. The van der Waals surface area contributed by atoms with Crippen molar-refractivity contribution in [2.75, 3.05) is 6.54 Å². The maximum absolute atomic E-state index is 4.64. The van der Waals surface area contributed by atoms with Gasteiger partial charge < -0.3 is 10.6 Å². The van der Waals surface area contributed by atoms with Crippen molar-refractivity contribution in [1.82, 2.24) is 15.6 Å². The van der Waals surface area contributed by atoms with E-state index in [1.54, 1.807) is 6.20 Å². The molecule has 2 aromatic rings. The Labute approximate surface area is 163 Å². The lowest BCUT2D eigenvalue weighted by atomic mass is 10.1. The van der Waals surface area contributed by atoms with Gasteiger partial charge in [-0.3, -0.25) is 4.98 Å². The Kier molecular flexibility index (Phi) is 9.16. The lowest BCUT2D eigenvalue weighted by Crippen LogP contribution is -2.37. The summed E-state index contributed by atoms with van der Waals surface area (Å²) in [4.78, 5) is 8.94. The Morgan fingerprint density at radius 3 is 2.70 bits per heavy atom. The molecule has 4 nitrogen and oxygen atoms in total. The molecule has 0 spiro atoms. The third kappa shape index (κ3) is 6.87. The third-order valence-electron chi connectivity index (χ3n) is 3.22. The minimum absolute atomic E-state index is 0. The van der Waals surface area contributed by atoms with E-state index < -0.39 is 0 Å². The van der Waals surface area contributed by atoms with E-state index in [0.717, 1.165) is 22.7 Å². The van der Waals surface area contributed by atoms with Crippen molar-refractivity contribution in [1.29, 1.82) is 0 Å². The summed E-state index contributed by atoms with van der Waals surface area (Å²) in [7, 11) is 0. The van der Waals surface area contributed by atoms with Gasteiger partial charge in [-0.1, -0.05) is 28.1 Å². The number of benzene rings is 1. The highest BCUT2D eigenvalue weighted by molar-refractivity contribution is 14.0. The quantitative estimate of drug-likeness (QED) is 0.379. The van der Waals surface area contributed by atoms with E-state index in [1.807, 2.05) is 24.3 Å². The number of rotatable bonds is 5. The second-order valence-electron chi connectivity index (χ2n) is 4.94. The Bertz CT molecular complexity index is 632. The predicted octanol–water partition coefficient (Wildman–Crippen LogP) is 4.03. The molecule has 23 heavy (non-hydrogen) atoms. The number of aliphatic imine (C=N–C) groups is 1. The summed E-state index contributed by atoms with van der Waals surface area (Å²) in [6, 6.07) is 12.2. The summed E-state index contributed by atoms with van der Waals surface area (Å²) in [6.45, 7) is 6.29. The average Bonchev–Trinajstić information content (AvgIpc) is 2.52. The summed E-state index contributed by atoms with van der Waals surface area (Å²) < 4.78 is 1.10. The van der Waals surface area contributed by atoms with Crippen molar-refractivity contribution in [3.05, 3.63) is 63.9 Å². The molecule has 0 amide bonds. The number of nitrogens with one attached hydrogen (secondary N) is 2. The van der Waals surface area contributed by atoms with E-state index in [0.29, 0.717) is 13.1 Å². The van der Waals surface area contributed by atoms with Crippen LogP contribution < -0.4 is 10.6 Å². The largest absolute Gasteiger partial charge is 0.357 e. The minimum atomic E-state index is 0.